The topological polar surface area (TPSA) is 359 Å². The number of hydrogen-bond acceptors (Lipinski definition) is 34. The zero-order valence-corrected chi connectivity index (χ0v) is 84.4. The number of rotatable bonds is 24. The third-order valence-electron chi connectivity index (χ3n) is 26.9. The van der Waals surface area contributed by atoms with E-state index in [0.29, 0.717) is 132 Å². The number of anilines is 10. The second-order valence-corrected chi connectivity index (χ2v) is 39.1. The highest BCUT2D eigenvalue weighted by Gasteiger charge is 2.34. The third kappa shape index (κ3) is 29.9. The average Bonchev–Trinajstić information content (AvgIpc) is 1.67. The molecule has 0 radical (unpaired) electrons. The maximum absolute atomic E-state index is 13.5. The average molecular weight is 2030 g/mol. The van der Waals surface area contributed by atoms with Crippen LogP contribution in [0.1, 0.15) is 134 Å². The van der Waals surface area contributed by atoms with E-state index in [1.54, 1.807) is 72.9 Å². The van der Waals surface area contributed by atoms with Crippen LogP contribution in [0.3, 0.4) is 0 Å². The fourth-order valence-electron chi connectivity index (χ4n) is 18.0. The summed E-state index contributed by atoms with van der Waals surface area (Å²) in [5.74, 6) is 13.6. The standard InChI is InChI=1S/C23H26FN7.C22H24FN7.C22H26FN7.C22H23FN6O.C22H23FN6/c1-30-9-11-31(12-10-30)23-28-20(8-5-16-3-2-4-19(24)13-16)26-22(29-23)27-21-14-18(15-25-21)17-6-7-17;23-18-3-1-2-15(12-18)4-7-19-26-21(27-20-13-17(14-25-20)16-5-6-16)29-22(28-19)30-10-8-24-9-11-30;1-16-13-20(24-15-16)26-21-25-19(8-7-17-5-3-6-18(23)14-17)27-22(28-21)30-10-4-9-29(2)11-12-30;23-18-3-1-2-15(12-18)4-7-19-25-21(26-20-13-17(14-24-20)16-5-6-16)28-22(27-19)29-8-10-30-11-9-29;23-18-5-3-4-15(12-18)6-9-19-25-21(28-22(27-19)29-10-1-2-11-29)26-20-13-17(14-24-20)16-7-8-16/h2-5,8,13-14,17H,6-7,9-12,15H2,1H3,(H,25,26,27,28,29);1-4,7,12-13,16,24H,5-6,8-11,14H2,(H,25,26,27,28,29);3,5-8,13-14H,4,9-12,15H2,1-2H3,(H,24,25,26,27,28);1-4,7,12-13,16H,5-6,8-11,14H2,(H,24,25,26,27,28);3-6,9,12-13,16H,1-2,7-8,10-11,14H2,(H,24,25,26,27,28)/b8-5+;7-4+;8-7+;7-4+;9-6+. The van der Waals surface area contributed by atoms with Crippen molar-refractivity contribution in [3.05, 3.63) is 266 Å². The van der Waals surface area contributed by atoms with Gasteiger partial charge in [0.25, 0.3) is 0 Å². The second kappa shape index (κ2) is 49.0. The van der Waals surface area contributed by atoms with E-state index >= 15 is 0 Å². The van der Waals surface area contributed by atoms with Crippen molar-refractivity contribution in [2.45, 2.75) is 77.6 Å². The van der Waals surface area contributed by atoms with Crippen molar-refractivity contribution >= 4 is 149 Å². The van der Waals surface area contributed by atoms with E-state index in [4.69, 9.17) is 4.74 Å². The maximum Gasteiger partial charge on any atom is 0.233 e. The van der Waals surface area contributed by atoms with Crippen LogP contribution in [0.2, 0.25) is 0 Å². The molecule has 5 aromatic heterocycles. The first-order valence-electron chi connectivity index (χ1n) is 51.8. The molecule has 6 N–H and O–H groups in total. The van der Waals surface area contributed by atoms with Gasteiger partial charge in [-0.1, -0.05) is 91.0 Å². The Hall–Kier alpha value is -15.6. The lowest BCUT2D eigenvalue weighted by Gasteiger charge is -2.32. The van der Waals surface area contributed by atoms with E-state index in [0.717, 1.165) is 207 Å². The highest BCUT2D eigenvalue weighted by molar-refractivity contribution is 6.08. The summed E-state index contributed by atoms with van der Waals surface area (Å²) in [5.41, 5.74) is 10.5. The number of nitrogens with one attached hydrogen (secondary N) is 6. The number of benzene rings is 5. The van der Waals surface area contributed by atoms with Crippen molar-refractivity contribution in [3.63, 3.8) is 0 Å². The van der Waals surface area contributed by atoms with Crippen molar-refractivity contribution in [1.29, 1.82) is 0 Å². The number of aliphatic imine (C=N–C) groups is 5. The Morgan fingerprint density at radius 2 is 0.540 bits per heavy atom. The molecule has 0 atom stereocenters. The van der Waals surface area contributed by atoms with Gasteiger partial charge >= 0.3 is 0 Å². The Morgan fingerprint density at radius 3 is 0.827 bits per heavy atom. The van der Waals surface area contributed by atoms with E-state index in [1.807, 2.05) is 61.6 Å². The first kappa shape index (κ1) is 102. The summed E-state index contributed by atoms with van der Waals surface area (Å²) in [6.45, 7) is 21.2. The van der Waals surface area contributed by atoms with Gasteiger partial charge in [0.2, 0.25) is 59.5 Å². The van der Waals surface area contributed by atoms with Crippen LogP contribution in [0.25, 0.3) is 60.8 Å². The lowest BCUT2D eigenvalue weighted by atomic mass is 10.2. The number of morpholine rings is 1. The number of piperazine rings is 2. The largest absolute Gasteiger partial charge is 0.378 e. The van der Waals surface area contributed by atoms with Crippen LogP contribution >= 0.6 is 0 Å². The van der Waals surface area contributed by atoms with Gasteiger partial charge in [0.1, 0.15) is 58.3 Å². The smallest absolute Gasteiger partial charge is 0.233 e. The van der Waals surface area contributed by atoms with Crippen LogP contribution in [0.4, 0.5) is 81.4 Å². The molecule has 772 valence electrons. The summed E-state index contributed by atoms with van der Waals surface area (Å²) in [5, 5.41) is 19.6. The Labute approximate surface area is 868 Å². The van der Waals surface area contributed by atoms with Gasteiger partial charge < -0.3 is 70.9 Å². The van der Waals surface area contributed by atoms with Crippen molar-refractivity contribution in [1.82, 2.24) is 89.9 Å². The SMILES string of the molecule is CC1=CC(Nc2nc(/C=C/c3cccc(F)c3)nc(N3CCCN(C)CC3)n2)=NC1.CN1CCN(c2nc(/C=C/c3cccc(F)c3)nc(NC3=NCC(C4CC4)=C3)n2)CC1.Fc1cccc(/C=C/c2nc(NC3=NCC(C4CC4)=C3)nc(N3CCCC3)n2)c1.Fc1cccc(/C=C/c2nc(NC3=NCC(C4CC4)=C3)nc(N3CCNCC3)n2)c1.Fc1cccc(/C=C/c2nc(NC3=NCC(C4CC4)=C3)nc(N3CCOCC3)n2)c1. The molecule has 4 aliphatic carbocycles. The summed E-state index contributed by atoms with van der Waals surface area (Å²) in [6, 6.07) is 32.1. The maximum atomic E-state index is 13.5. The van der Waals surface area contributed by atoms with E-state index < -0.39 is 0 Å². The van der Waals surface area contributed by atoms with Gasteiger partial charge in [-0.25, -0.2) is 22.0 Å². The highest BCUT2D eigenvalue weighted by atomic mass is 19.1. The van der Waals surface area contributed by atoms with Crippen LogP contribution in [-0.4, -0.2) is 278 Å². The van der Waals surface area contributed by atoms with E-state index in [9.17, 15) is 22.0 Å². The van der Waals surface area contributed by atoms with Crippen LogP contribution < -0.4 is 56.4 Å². The molecule has 34 nitrogen and oxygen atoms in total. The number of aromatic nitrogens is 15. The first-order valence-corrected chi connectivity index (χ1v) is 51.8. The monoisotopic (exact) mass is 2030 g/mol. The van der Waals surface area contributed by atoms with Crippen LogP contribution in [0.15, 0.2) is 205 Å². The summed E-state index contributed by atoms with van der Waals surface area (Å²) in [4.78, 5) is 107. The second-order valence-electron chi connectivity index (χ2n) is 39.1. The lowest BCUT2D eigenvalue weighted by Crippen LogP contribution is -2.45. The quantitative estimate of drug-likeness (QED) is 0.0306. The fraction of sp³-hybridized carbons (Fsp3) is 0.369. The van der Waals surface area contributed by atoms with Crippen molar-refractivity contribution in [3.8, 4) is 0 Å². The van der Waals surface area contributed by atoms with Gasteiger partial charge in [0.05, 0.1) is 45.9 Å². The molecule has 10 aliphatic heterocycles. The molecule has 14 aliphatic rings. The molecule has 24 rings (SSSR count). The molecule has 0 unspecified atom stereocenters. The molecule has 5 aromatic carbocycles. The molecule has 0 spiro atoms. The number of amidine groups is 5. The molecule has 0 bridgehead atoms. The minimum Gasteiger partial charge on any atom is -0.378 e. The molecular weight excluding hydrogens is 1910 g/mol. The normalized spacial score (nSPS) is 18.9. The molecule has 5 saturated heterocycles. The van der Waals surface area contributed by atoms with Crippen molar-refractivity contribution in [2.75, 3.05) is 216 Å². The van der Waals surface area contributed by atoms with Gasteiger partial charge in [-0.15, -0.1) is 0 Å². The summed E-state index contributed by atoms with van der Waals surface area (Å²) >= 11 is 0. The molecule has 150 heavy (non-hydrogen) atoms. The summed E-state index contributed by atoms with van der Waals surface area (Å²) in [7, 11) is 4.25. The number of halogens is 5. The zero-order chi connectivity index (χ0) is 102. The van der Waals surface area contributed by atoms with Gasteiger partial charge in [-0.05, 0) is 299 Å². The molecular formula is C111H122F5N33O. The summed E-state index contributed by atoms with van der Waals surface area (Å²) in [6.07, 6.45) is 41.9. The van der Waals surface area contributed by atoms with E-state index in [2.05, 4.69) is 204 Å². The van der Waals surface area contributed by atoms with Crippen LogP contribution in [-0.2, 0) is 4.74 Å². The molecule has 9 fully saturated rings. The Morgan fingerprint density at radius 1 is 0.280 bits per heavy atom. The van der Waals surface area contributed by atoms with Gasteiger partial charge in [-0.3, -0.25) is 25.0 Å². The van der Waals surface area contributed by atoms with Crippen molar-refractivity contribution < 1.29 is 26.7 Å². The van der Waals surface area contributed by atoms with Gasteiger partial charge in [0.15, 0.2) is 29.1 Å². The zero-order valence-electron chi connectivity index (χ0n) is 84.4. The minimum atomic E-state index is -0.276. The highest BCUT2D eigenvalue weighted by Crippen LogP contribution is 2.41. The summed E-state index contributed by atoms with van der Waals surface area (Å²) < 4.78 is 72.8. The third-order valence-corrected chi connectivity index (χ3v) is 26.9. The van der Waals surface area contributed by atoms with E-state index in [1.165, 1.54) is 140 Å². The predicted octanol–water partition coefficient (Wildman–Crippen LogP) is 16.1. The number of hydrogen-bond donors (Lipinski definition) is 6. The fourth-order valence-corrected chi connectivity index (χ4v) is 18.0. The predicted molar refractivity (Wildman–Crippen MR) is 586 cm³/mol. The Kier molecular flexibility index (Phi) is 33.2. The first-order chi connectivity index (χ1) is 73.3. The Bertz CT molecular complexity index is 6840. The van der Waals surface area contributed by atoms with Crippen molar-refractivity contribution in [2.24, 2.45) is 48.6 Å². The lowest BCUT2D eigenvalue weighted by molar-refractivity contribution is 0.122. The molecule has 4 saturated carbocycles. The number of nitrogens with zero attached hydrogens (tertiary/aromatic N) is 27. The number of likely N-dealkylation sites (N-methyl/N-ethyl adjacent to an activating group) is 2. The molecule has 15 heterocycles. The molecule has 39 heteroatoms. The minimum absolute atomic E-state index is 0.264. The van der Waals surface area contributed by atoms with Crippen LogP contribution in [0, 0.1) is 52.8 Å². The Balaban J connectivity index is 0.000000113. The molecule has 0 amide bonds. The van der Waals surface area contributed by atoms with E-state index in [-0.39, 0.29) is 29.1 Å². The van der Waals surface area contributed by atoms with Gasteiger partial charge in [-0.2, -0.15) is 74.8 Å². The number of ether oxygens (including phenoxy) is 1. The van der Waals surface area contributed by atoms with Crippen LogP contribution in [0.5, 0.6) is 0 Å². The molecule has 10 aromatic rings. The van der Waals surface area contributed by atoms with Gasteiger partial charge in [0, 0.05) is 98.2 Å².